The standard InChI is InChI=1S/C15H12FN3O4/c1-15(2)17-14(11-5-3-4-6-18(11)20)9-7-12(19(21)22)10(16)8-13(9)23-15/h3-8H,1-2H3. The number of pyridine rings is 1. The van der Waals surface area contributed by atoms with E-state index >= 15 is 0 Å². The van der Waals surface area contributed by atoms with Crippen molar-refractivity contribution in [1.29, 1.82) is 0 Å². The average Bonchev–Trinajstić information content (AvgIpc) is 2.45. The first-order valence-electron chi connectivity index (χ1n) is 6.74. The Bertz CT molecular complexity index is 849. The van der Waals surface area contributed by atoms with Gasteiger partial charge in [-0.3, -0.25) is 10.1 Å². The molecule has 2 heterocycles. The molecule has 1 aliphatic heterocycles. The van der Waals surface area contributed by atoms with Crippen LogP contribution >= 0.6 is 0 Å². The van der Waals surface area contributed by atoms with Crippen LogP contribution in [0.3, 0.4) is 0 Å². The van der Waals surface area contributed by atoms with E-state index in [1.54, 1.807) is 26.0 Å². The highest BCUT2D eigenvalue weighted by Crippen LogP contribution is 2.35. The van der Waals surface area contributed by atoms with E-state index in [2.05, 4.69) is 4.99 Å². The third-order valence-corrected chi connectivity index (χ3v) is 3.31. The van der Waals surface area contributed by atoms with Crippen LogP contribution in [0.2, 0.25) is 0 Å². The van der Waals surface area contributed by atoms with E-state index in [9.17, 15) is 19.7 Å². The molecule has 1 aliphatic rings. The molecule has 1 aromatic carbocycles. The van der Waals surface area contributed by atoms with Gasteiger partial charge in [0.25, 0.3) is 0 Å². The molecule has 23 heavy (non-hydrogen) atoms. The fourth-order valence-corrected chi connectivity index (χ4v) is 2.38. The van der Waals surface area contributed by atoms with Gasteiger partial charge >= 0.3 is 5.69 Å². The number of ether oxygens (including phenoxy) is 1. The number of halogens is 1. The lowest BCUT2D eigenvalue weighted by atomic mass is 10.0. The van der Waals surface area contributed by atoms with Crippen LogP contribution in [0.1, 0.15) is 25.1 Å². The minimum atomic E-state index is -1.03. The molecule has 0 fully saturated rings. The van der Waals surface area contributed by atoms with Gasteiger partial charge in [0, 0.05) is 24.3 Å². The van der Waals surface area contributed by atoms with Gasteiger partial charge in [0.1, 0.15) is 11.5 Å². The maximum Gasteiger partial charge on any atom is 0.305 e. The molecule has 0 atom stereocenters. The van der Waals surface area contributed by atoms with Crippen molar-refractivity contribution in [3.8, 4) is 5.75 Å². The normalized spacial score (nSPS) is 15.3. The zero-order chi connectivity index (χ0) is 16.8. The Morgan fingerprint density at radius 1 is 1.35 bits per heavy atom. The van der Waals surface area contributed by atoms with Gasteiger partial charge < -0.3 is 9.94 Å². The molecule has 0 aliphatic carbocycles. The highest BCUT2D eigenvalue weighted by atomic mass is 19.1. The smallest absolute Gasteiger partial charge is 0.305 e. The van der Waals surface area contributed by atoms with E-state index in [-0.39, 0.29) is 22.7 Å². The summed E-state index contributed by atoms with van der Waals surface area (Å²) >= 11 is 0. The molecule has 0 saturated heterocycles. The van der Waals surface area contributed by atoms with Crippen molar-refractivity contribution in [2.45, 2.75) is 19.6 Å². The molecule has 0 unspecified atom stereocenters. The van der Waals surface area contributed by atoms with Crippen molar-refractivity contribution >= 4 is 11.4 Å². The number of nitro groups is 1. The summed E-state index contributed by atoms with van der Waals surface area (Å²) in [5.74, 6) is -0.902. The first-order chi connectivity index (χ1) is 10.8. The maximum atomic E-state index is 13.9. The maximum absolute atomic E-state index is 13.9. The fourth-order valence-electron chi connectivity index (χ4n) is 2.38. The zero-order valence-electron chi connectivity index (χ0n) is 12.3. The van der Waals surface area contributed by atoms with Gasteiger partial charge in [-0.1, -0.05) is 0 Å². The third-order valence-electron chi connectivity index (χ3n) is 3.31. The van der Waals surface area contributed by atoms with Gasteiger partial charge in [0.15, 0.2) is 11.9 Å². The predicted molar refractivity (Wildman–Crippen MR) is 78.8 cm³/mol. The summed E-state index contributed by atoms with van der Waals surface area (Å²) in [5, 5.41) is 23.0. The lowest BCUT2D eigenvalue weighted by Gasteiger charge is -2.29. The summed E-state index contributed by atoms with van der Waals surface area (Å²) in [6.07, 6.45) is 1.29. The topological polar surface area (TPSA) is 91.7 Å². The fraction of sp³-hybridized carbons (Fsp3) is 0.200. The van der Waals surface area contributed by atoms with Crippen molar-refractivity contribution in [2.75, 3.05) is 0 Å². The van der Waals surface area contributed by atoms with Gasteiger partial charge in [-0.25, -0.2) is 4.99 Å². The van der Waals surface area contributed by atoms with Crippen molar-refractivity contribution in [3.05, 3.63) is 68.9 Å². The predicted octanol–water partition coefficient (Wildman–Crippen LogP) is 2.33. The Morgan fingerprint density at radius 3 is 2.74 bits per heavy atom. The van der Waals surface area contributed by atoms with Gasteiger partial charge in [0.05, 0.1) is 10.5 Å². The quantitative estimate of drug-likeness (QED) is 0.368. The molecule has 0 radical (unpaired) electrons. The first kappa shape index (κ1) is 14.9. The number of nitrogens with zero attached hydrogens (tertiary/aromatic N) is 3. The molecule has 3 rings (SSSR count). The Kier molecular flexibility index (Phi) is 3.24. The molecule has 8 heteroatoms. The Morgan fingerprint density at radius 2 is 2.09 bits per heavy atom. The highest BCUT2D eigenvalue weighted by Gasteiger charge is 2.34. The molecule has 0 saturated carbocycles. The van der Waals surface area contributed by atoms with Crippen LogP contribution in [0.4, 0.5) is 10.1 Å². The number of fused-ring (bicyclic) bond motifs is 1. The van der Waals surface area contributed by atoms with E-state index in [1.165, 1.54) is 12.3 Å². The summed E-state index contributed by atoms with van der Waals surface area (Å²) in [4.78, 5) is 14.5. The Hall–Kier alpha value is -3.03. The second-order valence-electron chi connectivity index (χ2n) is 5.48. The van der Waals surface area contributed by atoms with E-state index in [1.807, 2.05) is 0 Å². The van der Waals surface area contributed by atoms with Crippen molar-refractivity contribution in [1.82, 2.24) is 0 Å². The molecular formula is C15H12FN3O4. The minimum absolute atomic E-state index is 0.104. The molecule has 1 aromatic heterocycles. The van der Waals surface area contributed by atoms with Crippen LogP contribution < -0.4 is 9.47 Å². The monoisotopic (exact) mass is 317 g/mol. The van der Waals surface area contributed by atoms with Crippen molar-refractivity contribution < 1.29 is 18.8 Å². The molecule has 0 spiro atoms. The summed E-state index contributed by atoms with van der Waals surface area (Å²) in [6, 6.07) is 6.71. The largest absolute Gasteiger partial charge is 0.618 e. The van der Waals surface area contributed by atoms with Crippen LogP contribution in [0.25, 0.3) is 0 Å². The Balaban J connectivity index is 2.28. The summed E-state index contributed by atoms with van der Waals surface area (Å²) in [6.45, 7) is 3.29. The minimum Gasteiger partial charge on any atom is -0.618 e. The van der Waals surface area contributed by atoms with E-state index < -0.39 is 22.2 Å². The van der Waals surface area contributed by atoms with Crippen molar-refractivity contribution in [2.24, 2.45) is 4.99 Å². The number of aliphatic imine (C=N–C) groups is 1. The molecule has 0 bridgehead atoms. The average molecular weight is 317 g/mol. The lowest BCUT2D eigenvalue weighted by molar-refractivity contribution is -0.606. The van der Waals surface area contributed by atoms with Gasteiger partial charge in [-0.05, 0) is 19.9 Å². The lowest BCUT2D eigenvalue weighted by Crippen LogP contribution is -2.39. The number of hydrogen-bond donors (Lipinski definition) is 0. The van der Waals surface area contributed by atoms with Crippen LogP contribution in [0.5, 0.6) is 5.75 Å². The number of aromatic nitrogens is 1. The van der Waals surface area contributed by atoms with Gasteiger partial charge in [0.2, 0.25) is 11.5 Å². The summed E-state index contributed by atoms with van der Waals surface area (Å²) in [5.41, 5.74) is -1.12. The van der Waals surface area contributed by atoms with Crippen LogP contribution in [-0.4, -0.2) is 16.4 Å². The molecule has 7 nitrogen and oxygen atoms in total. The van der Waals surface area contributed by atoms with Crippen LogP contribution in [0.15, 0.2) is 41.5 Å². The molecule has 118 valence electrons. The number of rotatable bonds is 2. The number of benzene rings is 1. The third kappa shape index (κ3) is 2.59. The van der Waals surface area contributed by atoms with Gasteiger partial charge in [-0.15, -0.1) is 0 Å². The SMILES string of the molecule is CC1(C)N=C(c2cccc[n+]2[O-])c2cc([N+](=O)[O-])c(F)cc2O1. The highest BCUT2D eigenvalue weighted by molar-refractivity contribution is 6.13. The second kappa shape index (κ2) is 5.01. The van der Waals surface area contributed by atoms with Crippen molar-refractivity contribution in [3.63, 3.8) is 0 Å². The van der Waals surface area contributed by atoms with E-state index in [0.717, 1.165) is 12.1 Å². The molecular weight excluding hydrogens is 305 g/mol. The zero-order valence-corrected chi connectivity index (χ0v) is 12.3. The number of nitro benzene ring substituents is 1. The number of hydrogen-bond acceptors (Lipinski definition) is 5. The summed E-state index contributed by atoms with van der Waals surface area (Å²) < 4.78 is 20.0. The van der Waals surface area contributed by atoms with Crippen LogP contribution in [-0.2, 0) is 0 Å². The van der Waals surface area contributed by atoms with Crippen LogP contribution in [0, 0.1) is 21.1 Å². The first-order valence-corrected chi connectivity index (χ1v) is 6.74. The molecule has 2 aromatic rings. The summed E-state index contributed by atoms with van der Waals surface area (Å²) in [7, 11) is 0. The van der Waals surface area contributed by atoms with E-state index in [0.29, 0.717) is 4.73 Å². The second-order valence-corrected chi connectivity index (χ2v) is 5.48. The molecule has 0 N–H and O–H groups in total. The van der Waals surface area contributed by atoms with Gasteiger partial charge in [-0.2, -0.15) is 9.12 Å². The Labute approximate surface area is 130 Å². The molecule has 0 amide bonds. The van der Waals surface area contributed by atoms with E-state index in [4.69, 9.17) is 4.74 Å².